The fourth-order valence-corrected chi connectivity index (χ4v) is 5.19. The van der Waals surface area contributed by atoms with Crippen molar-refractivity contribution in [1.82, 2.24) is 24.9 Å². The Morgan fingerprint density at radius 2 is 1.40 bits per heavy atom. The van der Waals surface area contributed by atoms with Crippen molar-refractivity contribution in [3.63, 3.8) is 0 Å². The fraction of sp³-hybridized carbons (Fsp3) is 0.513. The molecular weight excluding hydrogens is 900 g/mol. The molecule has 0 atom stereocenters. The summed E-state index contributed by atoms with van der Waals surface area (Å²) in [5.74, 6) is 4.08. The van der Waals surface area contributed by atoms with Gasteiger partial charge in [-0.15, -0.1) is 0 Å². The average molecular weight is 962 g/mol. The van der Waals surface area contributed by atoms with Crippen molar-refractivity contribution < 1.29 is 60.6 Å². The fourth-order valence-electron chi connectivity index (χ4n) is 5.19. The second kappa shape index (κ2) is 24.8. The van der Waals surface area contributed by atoms with Crippen LogP contribution in [-0.4, -0.2) is 69.8 Å². The van der Waals surface area contributed by atoms with Crippen molar-refractivity contribution in [3.8, 4) is 23.0 Å². The Morgan fingerprint density at radius 1 is 0.925 bits per heavy atom. The minimum atomic E-state index is -1.00. The third-order valence-corrected chi connectivity index (χ3v) is 8.38. The number of ether oxygens (including phenoxy) is 4. The van der Waals surface area contributed by atoms with Crippen LogP contribution in [0.1, 0.15) is 104 Å². The number of alkyl halides is 1. The summed E-state index contributed by atoms with van der Waals surface area (Å²) in [7, 11) is 9.81. The van der Waals surface area contributed by atoms with Crippen LogP contribution in [0.5, 0.6) is 23.0 Å². The zero-order valence-electron chi connectivity index (χ0n) is 34.4. The number of aromatic nitrogens is 4. The van der Waals surface area contributed by atoms with Gasteiger partial charge in [0.25, 0.3) is 5.91 Å². The number of nitrogens with two attached hydrogens (primary N) is 1. The number of halogens is 1. The number of nitrogens with zero attached hydrogens (tertiary/aromatic N) is 4. The summed E-state index contributed by atoms with van der Waals surface area (Å²) in [5, 5.41) is 11.8. The molecule has 1 amide bonds. The van der Waals surface area contributed by atoms with Crippen LogP contribution < -0.4 is 30.0 Å². The third-order valence-electron chi connectivity index (χ3n) is 8.38. The van der Waals surface area contributed by atoms with Crippen LogP contribution in [0.4, 0.5) is 4.39 Å². The minimum Gasteiger partial charge on any atom is -0.493 e. The summed E-state index contributed by atoms with van der Waals surface area (Å²) >= 11 is 0. The number of nitrogens with one attached hydrogen (secondary N) is 1. The smallest absolute Gasteiger partial charge is 0.269 e. The van der Waals surface area contributed by atoms with Gasteiger partial charge in [0.2, 0.25) is 0 Å². The topological polar surface area (TPSA) is 128 Å². The van der Waals surface area contributed by atoms with Crippen molar-refractivity contribution in [2.75, 3.05) is 34.6 Å². The van der Waals surface area contributed by atoms with Crippen LogP contribution in [0, 0.1) is 38.0 Å². The molecular formula is C39H58BFN6O5U. The van der Waals surface area contributed by atoms with Gasteiger partial charge in [0.15, 0.2) is 23.0 Å². The average Bonchev–Trinajstić information content (AvgIpc) is 4.14. The first-order valence-electron chi connectivity index (χ1n) is 18.9. The maximum Gasteiger partial charge on any atom is 0.269 e. The molecule has 53 heavy (non-hydrogen) atoms. The van der Waals surface area contributed by atoms with Crippen molar-refractivity contribution in [1.29, 1.82) is 1.34 Å². The number of aryl methyl sites for hydroxylation is 3. The number of carbonyl (C=O) groups is 1. The zero-order chi connectivity index (χ0) is 40.0. The molecule has 2 aromatic heterocycles. The third kappa shape index (κ3) is 14.4. The number of hydrogen-bond donors (Lipinski definition) is 2. The Hall–Kier alpha value is -3.46. The van der Waals surface area contributed by atoms with Crippen molar-refractivity contribution in [3.05, 3.63) is 82.4 Å². The Balaban J connectivity index is 0.000000424. The molecule has 14 heteroatoms. The van der Waals surface area contributed by atoms with Crippen LogP contribution in [0.3, 0.4) is 0 Å². The predicted octanol–water partition coefficient (Wildman–Crippen LogP) is 6.51. The van der Waals surface area contributed by atoms with Gasteiger partial charge in [0, 0.05) is 95.3 Å². The van der Waals surface area contributed by atoms with E-state index in [-0.39, 0.29) is 37.0 Å². The number of para-hydroxylation sites is 2. The first kappa shape index (κ1) is 43.9. The summed E-state index contributed by atoms with van der Waals surface area (Å²) < 4.78 is 46.4. The molecule has 2 radical (unpaired) electrons. The number of benzene rings is 2. The molecule has 2 saturated carbocycles. The molecule has 0 aliphatic heterocycles. The van der Waals surface area contributed by atoms with E-state index in [0.29, 0.717) is 49.4 Å². The van der Waals surface area contributed by atoms with Gasteiger partial charge in [-0.3, -0.25) is 18.5 Å². The number of methoxy groups -OCH3 is 2. The van der Waals surface area contributed by atoms with Gasteiger partial charge in [-0.25, -0.2) is 0 Å². The molecule has 11 nitrogen and oxygen atoms in total. The summed E-state index contributed by atoms with van der Waals surface area (Å²) in [6, 6.07) is 15.5. The molecule has 6 rings (SSSR count). The molecule has 2 aliphatic carbocycles. The van der Waals surface area contributed by atoms with Crippen molar-refractivity contribution in [2.45, 2.75) is 84.2 Å². The number of carbonyl (C=O) groups excluding carboxylic acids is 1. The maximum absolute atomic E-state index is 12.5. The Labute approximate surface area is 343 Å². The van der Waals surface area contributed by atoms with Gasteiger partial charge in [0.1, 0.15) is 5.69 Å². The van der Waals surface area contributed by atoms with Gasteiger partial charge < -0.3 is 30.0 Å². The molecule has 4 aromatic rings. The first-order chi connectivity index (χ1) is 26.1. The van der Waals surface area contributed by atoms with E-state index >= 15 is 0 Å². The zero-order valence-corrected chi connectivity index (χ0v) is 36.6. The summed E-state index contributed by atoms with van der Waals surface area (Å²) in [5.41, 5.74) is 11.6. The molecule has 2 aliphatic rings. The van der Waals surface area contributed by atoms with E-state index in [4.69, 9.17) is 27.4 Å². The Bertz CT molecular complexity index is 1650. The second-order valence-electron chi connectivity index (χ2n) is 12.4. The number of amides is 1. The number of rotatable bonds is 14. The standard InChI is InChI=1S/C19H25N3O3.C11H17NO2.C8H12N2.CH3F.BH.U/c1-4-10-25-18-14(6-5-7-17(18)24-3)12-20-19(23)16-11-15(13-8-9-13)21-22(16)2;1-3-7-14-11-9(8-12)5-4-6-10(11)13-2;1-6-5-8(7-3-4-7)9-10(6)2;1-2;;/h5-7,11,13H,4,8-10,12H2,1-3H3,(H,20,23);4-6H,3,7-8,12H2,1-2H3;5,7H,3-4H2,1-2H3;1H3;1H;/i;;;1D;1T;. The van der Waals surface area contributed by atoms with E-state index in [9.17, 15) is 9.18 Å². The normalized spacial score (nSPS) is 12.8. The van der Waals surface area contributed by atoms with E-state index in [2.05, 4.69) is 50.7 Å². The Kier molecular flexibility index (Phi) is 20.5. The molecule has 288 valence electrons. The minimum absolute atomic E-state index is 0. The summed E-state index contributed by atoms with van der Waals surface area (Å²) in [6.45, 7) is 8.35. The van der Waals surface area contributed by atoms with E-state index in [1.165, 1.54) is 37.1 Å². The quantitative estimate of drug-likeness (QED) is 0.137. The molecule has 2 heterocycles. The van der Waals surface area contributed by atoms with E-state index in [0.717, 1.165) is 47.1 Å². The van der Waals surface area contributed by atoms with Crippen LogP contribution in [0.15, 0.2) is 48.5 Å². The van der Waals surface area contributed by atoms with Gasteiger partial charge >= 0.3 is 0 Å². The largest absolute Gasteiger partial charge is 0.493 e. The van der Waals surface area contributed by atoms with Gasteiger partial charge in [-0.05, 0) is 71.0 Å². The van der Waals surface area contributed by atoms with E-state index in [1.807, 2.05) is 61.2 Å². The molecule has 2 aromatic carbocycles. The van der Waals surface area contributed by atoms with Gasteiger partial charge in [-0.1, -0.05) is 38.1 Å². The number of hydrogen-bond acceptors (Lipinski definition) is 8. The maximum atomic E-state index is 12.5. The second-order valence-corrected chi connectivity index (χ2v) is 12.4. The molecule has 3 N–H and O–H groups in total. The first-order valence-corrected chi connectivity index (χ1v) is 17.6. The summed E-state index contributed by atoms with van der Waals surface area (Å²) in [6.07, 6.45) is 6.90. The molecule has 0 bridgehead atoms. The SMILES string of the molecule is CCCOc1c(CN)cccc1OC.CCCOc1c(CNC(=O)c2cc(C3CC3)nn2C)cccc1OC.Cc1cc(C2CC2)nn1C.[2H]CF.[3H][B].[U]. The van der Waals surface area contributed by atoms with Crippen molar-refractivity contribution >= 4 is 14.3 Å². The monoisotopic (exact) mass is 962 g/mol. The molecule has 0 unspecified atom stereocenters. The Morgan fingerprint density at radius 3 is 1.83 bits per heavy atom. The van der Waals surface area contributed by atoms with E-state index < -0.39 is 7.15 Å². The van der Waals surface area contributed by atoms with Gasteiger partial charge in [-0.2, -0.15) is 10.2 Å². The van der Waals surface area contributed by atoms with Crippen LogP contribution >= 0.6 is 0 Å². The summed E-state index contributed by atoms with van der Waals surface area (Å²) in [4.78, 5) is 12.5. The molecule has 2 fully saturated rings. The van der Waals surface area contributed by atoms with Crippen LogP contribution in [0.2, 0.25) is 0 Å². The van der Waals surface area contributed by atoms with Crippen molar-refractivity contribution in [2.24, 2.45) is 19.8 Å². The molecule has 0 spiro atoms. The van der Waals surface area contributed by atoms with E-state index in [1.54, 1.807) is 18.9 Å². The van der Waals surface area contributed by atoms with Gasteiger partial charge in [0.05, 0.1) is 47.3 Å². The van der Waals surface area contributed by atoms with Crippen LogP contribution in [0.25, 0.3) is 0 Å². The predicted molar refractivity (Wildman–Crippen MR) is 206 cm³/mol. The van der Waals surface area contributed by atoms with Crippen LogP contribution in [-0.2, 0) is 27.2 Å². The molecule has 0 saturated heterocycles.